The molecule has 1 aliphatic carbocycles. The molecule has 0 saturated heterocycles. The quantitative estimate of drug-likeness (QED) is 0.362. The normalized spacial score (nSPS) is 20.8. The number of nitrogens with one attached hydrogen (secondary N) is 2. The summed E-state index contributed by atoms with van der Waals surface area (Å²) in [6, 6.07) is 5.13. The largest absolute Gasteiger partial charge is 0.355 e. The average molecular weight is 370 g/mol. The molecule has 0 spiro atoms. The SMILES string of the molecule is NC1CCCC(C(=O)NCCNS(=O)(=O)c2ccccc2[N+](=O)[O-])C1. The molecule has 9 nitrogen and oxygen atoms in total. The fraction of sp³-hybridized carbons (Fsp3) is 0.533. The van der Waals surface area contributed by atoms with Crippen LogP contribution < -0.4 is 15.8 Å². The van der Waals surface area contributed by atoms with Gasteiger partial charge in [0.15, 0.2) is 4.90 Å². The van der Waals surface area contributed by atoms with Crippen molar-refractivity contribution in [2.45, 2.75) is 36.6 Å². The zero-order valence-electron chi connectivity index (χ0n) is 13.7. The molecule has 0 bridgehead atoms. The maximum absolute atomic E-state index is 12.2. The Morgan fingerprint density at radius 3 is 2.68 bits per heavy atom. The molecule has 0 aliphatic heterocycles. The predicted molar refractivity (Wildman–Crippen MR) is 91.2 cm³/mol. The van der Waals surface area contributed by atoms with Crippen molar-refractivity contribution in [3.63, 3.8) is 0 Å². The molecule has 10 heteroatoms. The highest BCUT2D eigenvalue weighted by atomic mass is 32.2. The van der Waals surface area contributed by atoms with Gasteiger partial charge in [0, 0.05) is 31.1 Å². The summed E-state index contributed by atoms with van der Waals surface area (Å²) < 4.78 is 26.7. The number of para-hydroxylation sites is 1. The summed E-state index contributed by atoms with van der Waals surface area (Å²) in [6.07, 6.45) is 3.23. The van der Waals surface area contributed by atoms with Gasteiger partial charge in [-0.2, -0.15) is 0 Å². The van der Waals surface area contributed by atoms with Gasteiger partial charge in [-0.25, -0.2) is 13.1 Å². The Kier molecular flexibility index (Phi) is 6.45. The van der Waals surface area contributed by atoms with Gasteiger partial charge in [-0.05, 0) is 25.3 Å². The molecular formula is C15H22N4O5S. The second-order valence-corrected chi connectivity index (χ2v) is 7.77. The summed E-state index contributed by atoms with van der Waals surface area (Å²) in [5.41, 5.74) is 5.36. The molecule has 1 aromatic rings. The number of nitro groups is 1. The number of sulfonamides is 1. The minimum Gasteiger partial charge on any atom is -0.355 e. The van der Waals surface area contributed by atoms with Crippen LogP contribution in [0.4, 0.5) is 5.69 Å². The maximum atomic E-state index is 12.2. The summed E-state index contributed by atoms with van der Waals surface area (Å²) in [5.74, 6) is -0.282. The Morgan fingerprint density at radius 2 is 2.00 bits per heavy atom. The minimum absolute atomic E-state index is 0.0293. The zero-order chi connectivity index (χ0) is 18.4. The number of rotatable bonds is 7. The molecule has 0 heterocycles. The fourth-order valence-electron chi connectivity index (χ4n) is 2.89. The first kappa shape index (κ1) is 19.3. The Labute approximate surface area is 146 Å². The molecule has 4 N–H and O–H groups in total. The van der Waals surface area contributed by atoms with Crippen molar-refractivity contribution < 1.29 is 18.1 Å². The third-order valence-corrected chi connectivity index (χ3v) is 5.66. The molecule has 2 unspecified atom stereocenters. The Hall–Kier alpha value is -2.04. The second-order valence-electron chi connectivity index (χ2n) is 6.04. The van der Waals surface area contributed by atoms with Gasteiger partial charge in [-0.15, -0.1) is 0 Å². The monoisotopic (exact) mass is 370 g/mol. The van der Waals surface area contributed by atoms with Crippen molar-refractivity contribution in [3.05, 3.63) is 34.4 Å². The third-order valence-electron chi connectivity index (χ3n) is 4.15. The molecule has 0 radical (unpaired) electrons. The van der Waals surface area contributed by atoms with Gasteiger partial charge in [0.1, 0.15) is 0 Å². The molecular weight excluding hydrogens is 348 g/mol. The van der Waals surface area contributed by atoms with E-state index in [1.54, 1.807) is 0 Å². The smallest absolute Gasteiger partial charge is 0.289 e. The molecule has 25 heavy (non-hydrogen) atoms. The first-order valence-corrected chi connectivity index (χ1v) is 9.56. The van der Waals surface area contributed by atoms with Gasteiger partial charge >= 0.3 is 0 Å². The number of carbonyl (C=O) groups excluding carboxylic acids is 1. The lowest BCUT2D eigenvalue weighted by atomic mass is 9.85. The molecule has 1 saturated carbocycles. The lowest BCUT2D eigenvalue weighted by Gasteiger charge is -2.25. The van der Waals surface area contributed by atoms with Crippen molar-refractivity contribution in [1.29, 1.82) is 0 Å². The molecule has 0 aromatic heterocycles. The van der Waals surface area contributed by atoms with Crippen LogP contribution in [0.2, 0.25) is 0 Å². The van der Waals surface area contributed by atoms with E-state index in [-0.39, 0.29) is 31.0 Å². The Balaban J connectivity index is 1.87. The highest BCUT2D eigenvalue weighted by molar-refractivity contribution is 7.89. The average Bonchev–Trinajstić information content (AvgIpc) is 2.58. The number of hydrogen-bond acceptors (Lipinski definition) is 6. The van der Waals surface area contributed by atoms with E-state index in [9.17, 15) is 23.3 Å². The molecule has 2 atom stereocenters. The molecule has 1 aliphatic rings. The van der Waals surface area contributed by atoms with Crippen LogP contribution in [0.3, 0.4) is 0 Å². The highest BCUT2D eigenvalue weighted by Crippen LogP contribution is 2.23. The van der Waals surface area contributed by atoms with E-state index in [0.717, 1.165) is 25.3 Å². The van der Waals surface area contributed by atoms with Crippen LogP contribution in [0.5, 0.6) is 0 Å². The van der Waals surface area contributed by atoms with Gasteiger partial charge in [0.2, 0.25) is 15.9 Å². The summed E-state index contributed by atoms with van der Waals surface area (Å²) in [4.78, 5) is 21.8. The van der Waals surface area contributed by atoms with Gasteiger partial charge in [-0.3, -0.25) is 14.9 Å². The van der Waals surface area contributed by atoms with Crippen LogP contribution in [0.1, 0.15) is 25.7 Å². The van der Waals surface area contributed by atoms with Crippen LogP contribution in [0.25, 0.3) is 0 Å². The number of benzene rings is 1. The van der Waals surface area contributed by atoms with Gasteiger partial charge in [-0.1, -0.05) is 18.6 Å². The van der Waals surface area contributed by atoms with E-state index in [2.05, 4.69) is 10.0 Å². The number of nitro benzene ring substituents is 1. The first-order chi connectivity index (χ1) is 11.8. The Morgan fingerprint density at radius 1 is 1.28 bits per heavy atom. The first-order valence-electron chi connectivity index (χ1n) is 8.07. The molecule has 1 fully saturated rings. The van der Waals surface area contributed by atoms with E-state index in [4.69, 9.17) is 5.73 Å². The van der Waals surface area contributed by atoms with E-state index >= 15 is 0 Å². The summed E-state index contributed by atoms with van der Waals surface area (Å²) >= 11 is 0. The van der Waals surface area contributed by atoms with Crippen molar-refractivity contribution in [1.82, 2.24) is 10.0 Å². The fourth-order valence-corrected chi connectivity index (χ4v) is 4.10. The number of carbonyl (C=O) groups is 1. The van der Waals surface area contributed by atoms with Crippen molar-refractivity contribution in [2.75, 3.05) is 13.1 Å². The van der Waals surface area contributed by atoms with Crippen LogP contribution in [-0.4, -0.2) is 38.4 Å². The molecule has 138 valence electrons. The number of nitrogens with two attached hydrogens (primary N) is 1. The predicted octanol–water partition coefficient (Wildman–Crippen LogP) is 0.507. The standard InChI is InChI=1S/C15H22N4O5S/c16-12-5-3-4-11(10-12)15(20)17-8-9-18-25(23,24)14-7-2-1-6-13(14)19(21)22/h1-2,6-7,11-12,18H,3-5,8-10,16H2,(H,17,20). The number of hydrogen-bond donors (Lipinski definition) is 3. The van der Waals surface area contributed by atoms with E-state index < -0.39 is 25.5 Å². The molecule has 1 aromatic carbocycles. The maximum Gasteiger partial charge on any atom is 0.289 e. The summed E-state index contributed by atoms with van der Waals surface area (Å²) in [7, 11) is -4.03. The van der Waals surface area contributed by atoms with Gasteiger partial charge in [0.25, 0.3) is 5.69 Å². The van der Waals surface area contributed by atoms with E-state index in [1.807, 2.05) is 0 Å². The van der Waals surface area contributed by atoms with Crippen molar-refractivity contribution in [3.8, 4) is 0 Å². The topological polar surface area (TPSA) is 144 Å². The molecule has 1 amide bonds. The third kappa shape index (κ3) is 5.21. The summed E-state index contributed by atoms with van der Waals surface area (Å²) in [5, 5.41) is 13.6. The van der Waals surface area contributed by atoms with Gasteiger partial charge in [0.05, 0.1) is 4.92 Å². The van der Waals surface area contributed by atoms with Crippen molar-refractivity contribution >= 4 is 21.6 Å². The van der Waals surface area contributed by atoms with E-state index in [0.29, 0.717) is 6.42 Å². The number of amides is 1. The van der Waals surface area contributed by atoms with Crippen molar-refractivity contribution in [2.24, 2.45) is 11.7 Å². The van der Waals surface area contributed by atoms with Crippen LogP contribution in [0, 0.1) is 16.0 Å². The zero-order valence-corrected chi connectivity index (χ0v) is 14.5. The van der Waals surface area contributed by atoms with E-state index in [1.165, 1.54) is 18.2 Å². The highest BCUT2D eigenvalue weighted by Gasteiger charge is 2.26. The summed E-state index contributed by atoms with van der Waals surface area (Å²) in [6.45, 7) is 0.0450. The van der Waals surface area contributed by atoms with Crippen LogP contribution in [0.15, 0.2) is 29.2 Å². The minimum atomic E-state index is -4.03. The van der Waals surface area contributed by atoms with Crippen LogP contribution >= 0.6 is 0 Å². The second kappa shape index (κ2) is 8.37. The lowest BCUT2D eigenvalue weighted by molar-refractivity contribution is -0.387. The lowest BCUT2D eigenvalue weighted by Crippen LogP contribution is -2.40. The van der Waals surface area contributed by atoms with Gasteiger partial charge < -0.3 is 11.1 Å². The Bertz CT molecular complexity index is 737. The number of nitrogens with zero attached hydrogens (tertiary/aromatic N) is 1. The van der Waals surface area contributed by atoms with Crippen LogP contribution in [-0.2, 0) is 14.8 Å². The molecule has 2 rings (SSSR count).